The van der Waals surface area contributed by atoms with Gasteiger partial charge in [0, 0.05) is 17.9 Å². The van der Waals surface area contributed by atoms with Crippen LogP contribution in [-0.4, -0.2) is 36.2 Å². The lowest BCUT2D eigenvalue weighted by molar-refractivity contribution is -0.00214. The third kappa shape index (κ3) is 2.57. The van der Waals surface area contributed by atoms with Gasteiger partial charge in [-0.25, -0.2) is 0 Å². The second-order valence-corrected chi connectivity index (χ2v) is 6.85. The van der Waals surface area contributed by atoms with Crippen LogP contribution in [0.25, 0.3) is 0 Å². The van der Waals surface area contributed by atoms with E-state index in [1.807, 2.05) is 12.1 Å². The predicted molar refractivity (Wildman–Crippen MR) is 86.4 cm³/mol. The summed E-state index contributed by atoms with van der Waals surface area (Å²) in [5.74, 6) is 0.764. The number of hydrogen-bond acceptors (Lipinski definition) is 2. The summed E-state index contributed by atoms with van der Waals surface area (Å²) in [6.45, 7) is 0. The van der Waals surface area contributed by atoms with Crippen molar-refractivity contribution >= 4 is 35.6 Å². The van der Waals surface area contributed by atoms with Crippen molar-refractivity contribution in [3.63, 3.8) is 0 Å². The molecule has 1 saturated carbocycles. The quantitative estimate of drug-likeness (QED) is 0.844. The third-order valence-corrected chi connectivity index (χ3v) is 5.47. The van der Waals surface area contributed by atoms with Gasteiger partial charge in [0.15, 0.2) is 0 Å². The van der Waals surface area contributed by atoms with Gasteiger partial charge in [-0.3, -0.25) is 0 Å². The van der Waals surface area contributed by atoms with Crippen molar-refractivity contribution in [2.24, 2.45) is 5.92 Å². The van der Waals surface area contributed by atoms with Crippen molar-refractivity contribution in [2.45, 2.75) is 37.3 Å². The van der Waals surface area contributed by atoms with Gasteiger partial charge in [0.2, 0.25) is 0 Å². The van der Waals surface area contributed by atoms with Crippen LogP contribution in [0.1, 0.15) is 29.9 Å². The highest BCUT2D eigenvalue weighted by Crippen LogP contribution is 2.47. The first-order chi connectivity index (χ1) is 8.99. The molecule has 0 saturated heterocycles. The number of benzene rings is 1. The molecule has 1 aromatic carbocycles. The smallest absolute Gasteiger partial charge is 0.0595 e. The summed E-state index contributed by atoms with van der Waals surface area (Å²) < 4.78 is 0. The van der Waals surface area contributed by atoms with Crippen molar-refractivity contribution in [3.05, 3.63) is 33.3 Å². The minimum Gasteiger partial charge on any atom is -0.393 e. The normalized spacial score (nSPS) is 31.7. The number of halogens is 3. The summed E-state index contributed by atoms with van der Waals surface area (Å²) in [6, 6.07) is 4.42. The van der Waals surface area contributed by atoms with E-state index >= 15 is 0 Å². The Morgan fingerprint density at radius 2 is 1.80 bits per heavy atom. The Hall–Kier alpha value is 0.01000. The van der Waals surface area contributed by atoms with Gasteiger partial charge < -0.3 is 10.0 Å². The van der Waals surface area contributed by atoms with Gasteiger partial charge in [-0.1, -0.05) is 23.2 Å². The first kappa shape index (κ1) is 16.4. The van der Waals surface area contributed by atoms with Gasteiger partial charge in [-0.05, 0) is 56.6 Å². The molecule has 2 aliphatic rings. The minimum absolute atomic E-state index is 0. The average Bonchev–Trinajstić information content (AvgIpc) is 2.35. The van der Waals surface area contributed by atoms with E-state index in [4.69, 9.17) is 23.2 Å². The molecule has 0 radical (unpaired) electrons. The fourth-order valence-corrected chi connectivity index (χ4v) is 4.34. The van der Waals surface area contributed by atoms with Crippen molar-refractivity contribution in [1.29, 1.82) is 0 Å². The Kier molecular flexibility index (Phi) is 4.93. The van der Waals surface area contributed by atoms with Crippen LogP contribution in [0, 0.1) is 5.92 Å². The molecule has 5 heteroatoms. The summed E-state index contributed by atoms with van der Waals surface area (Å²) in [5, 5.41) is 11.6. The Labute approximate surface area is 136 Å². The first-order valence-corrected chi connectivity index (χ1v) is 7.57. The van der Waals surface area contributed by atoms with Crippen LogP contribution in [0.2, 0.25) is 10.0 Å². The van der Waals surface area contributed by atoms with Crippen LogP contribution in [0.3, 0.4) is 0 Å². The van der Waals surface area contributed by atoms with Crippen molar-refractivity contribution in [3.8, 4) is 0 Å². The van der Waals surface area contributed by atoms with E-state index in [0.29, 0.717) is 27.9 Å². The van der Waals surface area contributed by atoms with Gasteiger partial charge in [-0.15, -0.1) is 12.4 Å². The lowest BCUT2D eigenvalue weighted by Gasteiger charge is -2.49. The summed E-state index contributed by atoms with van der Waals surface area (Å²) in [7, 11) is 4.20. The fourth-order valence-electron chi connectivity index (χ4n) is 3.98. The molecule has 0 spiro atoms. The molecule has 20 heavy (non-hydrogen) atoms. The molecule has 4 atom stereocenters. The van der Waals surface area contributed by atoms with Gasteiger partial charge in [0.1, 0.15) is 0 Å². The molecule has 1 fully saturated rings. The van der Waals surface area contributed by atoms with Crippen LogP contribution < -0.4 is 0 Å². The molecule has 0 aromatic heterocycles. The van der Waals surface area contributed by atoms with Crippen LogP contribution in [-0.2, 0) is 6.42 Å². The highest BCUT2D eigenvalue weighted by molar-refractivity contribution is 6.42. The second-order valence-electron chi connectivity index (χ2n) is 6.04. The Morgan fingerprint density at radius 3 is 2.45 bits per heavy atom. The van der Waals surface area contributed by atoms with E-state index in [2.05, 4.69) is 19.0 Å². The molecule has 3 rings (SSSR count). The van der Waals surface area contributed by atoms with Gasteiger partial charge in [0.05, 0.1) is 16.1 Å². The highest BCUT2D eigenvalue weighted by atomic mass is 35.5. The molecular formula is C15H20Cl3NO. The van der Waals surface area contributed by atoms with E-state index in [1.54, 1.807) is 0 Å². The van der Waals surface area contributed by atoms with E-state index in [1.165, 1.54) is 11.1 Å². The van der Waals surface area contributed by atoms with Gasteiger partial charge >= 0.3 is 0 Å². The lowest BCUT2D eigenvalue weighted by atomic mass is 9.64. The molecule has 2 nitrogen and oxygen atoms in total. The number of likely N-dealkylation sites (N-methyl/N-ethyl adjacent to an activating group) is 1. The first-order valence-electron chi connectivity index (χ1n) is 6.81. The van der Waals surface area contributed by atoms with E-state index < -0.39 is 0 Å². The predicted octanol–water partition coefficient (Wildman–Crippen LogP) is 3.76. The Bertz CT molecular complexity index is 506. The SMILES string of the molecule is CN(C)[C@H]1[C@@H]2Cc3cc(Cl)c(Cl)cc3[C@H]1CC[C@H]2O.Cl. The van der Waals surface area contributed by atoms with Gasteiger partial charge in [-0.2, -0.15) is 0 Å². The van der Waals surface area contributed by atoms with Crippen LogP contribution in [0.15, 0.2) is 12.1 Å². The fraction of sp³-hybridized carbons (Fsp3) is 0.600. The summed E-state index contributed by atoms with van der Waals surface area (Å²) in [5.41, 5.74) is 2.59. The molecule has 2 aliphatic carbocycles. The molecule has 0 heterocycles. The zero-order valence-electron chi connectivity index (χ0n) is 11.6. The van der Waals surface area contributed by atoms with E-state index in [9.17, 15) is 5.11 Å². The monoisotopic (exact) mass is 335 g/mol. The maximum absolute atomic E-state index is 10.3. The van der Waals surface area contributed by atoms with Crippen LogP contribution in [0.4, 0.5) is 0 Å². The average molecular weight is 337 g/mol. The molecule has 2 bridgehead atoms. The molecule has 0 aliphatic heterocycles. The number of rotatable bonds is 1. The molecule has 0 unspecified atom stereocenters. The number of fused-ring (bicyclic) bond motifs is 4. The minimum atomic E-state index is -0.203. The second kappa shape index (κ2) is 6.02. The number of hydrogen-bond donors (Lipinski definition) is 1. The van der Waals surface area contributed by atoms with Crippen LogP contribution >= 0.6 is 35.6 Å². The Balaban J connectivity index is 0.00000147. The van der Waals surface area contributed by atoms with Crippen LogP contribution in [0.5, 0.6) is 0 Å². The maximum Gasteiger partial charge on any atom is 0.0595 e. The largest absolute Gasteiger partial charge is 0.393 e. The molecule has 1 aromatic rings. The molecule has 112 valence electrons. The van der Waals surface area contributed by atoms with Crippen molar-refractivity contribution in [1.82, 2.24) is 4.90 Å². The van der Waals surface area contributed by atoms with Gasteiger partial charge in [0.25, 0.3) is 0 Å². The Morgan fingerprint density at radius 1 is 1.15 bits per heavy atom. The highest BCUT2D eigenvalue weighted by Gasteiger charge is 2.44. The summed E-state index contributed by atoms with van der Waals surface area (Å²) in [6.07, 6.45) is 2.60. The summed E-state index contributed by atoms with van der Waals surface area (Å²) >= 11 is 12.3. The molecular weight excluding hydrogens is 317 g/mol. The van der Waals surface area contributed by atoms with E-state index in [0.717, 1.165) is 19.3 Å². The standard InChI is InChI=1S/C15H19Cl2NO.ClH/c1-18(2)15-9-3-4-14(19)11(15)5-8-6-12(16)13(17)7-10(8)9;/h6-7,9,11,14-15,19H,3-5H2,1-2H3;1H/t9-,11-,14-,15-;/m1./s1. The lowest BCUT2D eigenvalue weighted by Crippen LogP contribution is -2.52. The van der Waals surface area contributed by atoms with Crippen molar-refractivity contribution in [2.75, 3.05) is 14.1 Å². The zero-order chi connectivity index (χ0) is 13.7. The number of aliphatic hydroxyl groups is 1. The van der Waals surface area contributed by atoms with E-state index in [-0.39, 0.29) is 18.5 Å². The number of aliphatic hydroxyl groups excluding tert-OH is 1. The summed E-state index contributed by atoms with van der Waals surface area (Å²) in [4.78, 5) is 2.25. The molecule has 0 amide bonds. The zero-order valence-corrected chi connectivity index (χ0v) is 14.0. The number of nitrogens with zero attached hydrogens (tertiary/aromatic N) is 1. The van der Waals surface area contributed by atoms with Crippen molar-refractivity contribution < 1.29 is 5.11 Å². The third-order valence-electron chi connectivity index (χ3n) is 4.75. The topological polar surface area (TPSA) is 23.5 Å². The maximum atomic E-state index is 10.3. The molecule has 1 N–H and O–H groups in total.